The van der Waals surface area contributed by atoms with Crippen molar-refractivity contribution in [2.24, 2.45) is 0 Å². The molecule has 0 amide bonds. The zero-order valence-electron chi connectivity index (χ0n) is 6.95. The van der Waals surface area contributed by atoms with E-state index < -0.39 is 17.5 Å². The van der Waals surface area contributed by atoms with Gasteiger partial charge in [-0.15, -0.1) is 0 Å². The second-order valence-electron chi connectivity index (χ2n) is 2.84. The van der Waals surface area contributed by atoms with Crippen molar-refractivity contribution in [1.82, 2.24) is 0 Å². The first-order valence-electron chi connectivity index (χ1n) is 3.78. The zero-order chi connectivity index (χ0) is 10.0. The van der Waals surface area contributed by atoms with Crippen LogP contribution in [-0.2, 0) is 6.42 Å². The van der Waals surface area contributed by atoms with Crippen molar-refractivity contribution >= 4 is 15.9 Å². The van der Waals surface area contributed by atoms with Gasteiger partial charge in [-0.2, -0.15) is 0 Å². The maximum atomic E-state index is 13.0. The second-order valence-corrected chi connectivity index (χ2v) is 4.41. The zero-order valence-corrected chi connectivity index (χ0v) is 8.54. The highest BCUT2D eigenvalue weighted by Crippen LogP contribution is 2.17. The lowest BCUT2D eigenvalue weighted by atomic mass is 10.1. The summed E-state index contributed by atoms with van der Waals surface area (Å²) in [7, 11) is 0. The normalized spacial score (nSPS) is 13.0. The van der Waals surface area contributed by atoms with Crippen molar-refractivity contribution in [1.29, 1.82) is 0 Å². The number of benzene rings is 1. The van der Waals surface area contributed by atoms with Gasteiger partial charge in [0.05, 0.1) is 0 Å². The molecule has 0 aliphatic heterocycles. The monoisotopic (exact) mass is 252 g/mol. The standard InChI is InChI=1S/C9H8BrF3/c1-5(10)2-6-3-8(12)9(13)4-7(6)11/h3-5H,2H2,1H3. The number of alkyl halides is 1. The molecule has 1 atom stereocenters. The lowest BCUT2D eigenvalue weighted by Crippen LogP contribution is -2.01. The number of hydrogen-bond acceptors (Lipinski definition) is 0. The van der Waals surface area contributed by atoms with Crippen molar-refractivity contribution in [3.63, 3.8) is 0 Å². The largest absolute Gasteiger partial charge is 0.207 e. The lowest BCUT2D eigenvalue weighted by molar-refractivity contribution is 0.490. The van der Waals surface area contributed by atoms with E-state index in [0.29, 0.717) is 12.5 Å². The molecule has 1 aromatic rings. The molecule has 0 nitrogen and oxygen atoms in total. The Bertz CT molecular complexity index is 310. The first-order chi connectivity index (χ1) is 6.00. The molecule has 1 unspecified atom stereocenters. The average Bonchev–Trinajstić information content (AvgIpc) is 1.99. The molecule has 0 N–H and O–H groups in total. The molecular formula is C9H8BrF3. The average molecular weight is 253 g/mol. The fourth-order valence-electron chi connectivity index (χ4n) is 1.02. The summed E-state index contributed by atoms with van der Waals surface area (Å²) in [5.41, 5.74) is 0.184. The second kappa shape index (κ2) is 4.13. The van der Waals surface area contributed by atoms with Crippen molar-refractivity contribution in [3.05, 3.63) is 35.1 Å². The van der Waals surface area contributed by atoms with Crippen LogP contribution in [0.4, 0.5) is 13.2 Å². The van der Waals surface area contributed by atoms with E-state index >= 15 is 0 Å². The topological polar surface area (TPSA) is 0 Å². The predicted octanol–water partition coefficient (Wildman–Crippen LogP) is 3.43. The van der Waals surface area contributed by atoms with Crippen LogP contribution in [0, 0.1) is 17.5 Å². The Morgan fingerprint density at radius 3 is 2.23 bits per heavy atom. The molecule has 1 rings (SSSR count). The van der Waals surface area contributed by atoms with Gasteiger partial charge in [-0.05, 0) is 18.1 Å². The van der Waals surface area contributed by atoms with Crippen LogP contribution in [0.2, 0.25) is 0 Å². The van der Waals surface area contributed by atoms with Gasteiger partial charge in [0.1, 0.15) is 5.82 Å². The van der Waals surface area contributed by atoms with Crippen LogP contribution in [0.25, 0.3) is 0 Å². The lowest BCUT2D eigenvalue weighted by Gasteiger charge is -2.05. The summed E-state index contributed by atoms with van der Waals surface area (Å²) in [4.78, 5) is 0.0341. The molecular weight excluding hydrogens is 245 g/mol. The van der Waals surface area contributed by atoms with E-state index in [1.54, 1.807) is 6.92 Å². The van der Waals surface area contributed by atoms with Crippen LogP contribution in [0.5, 0.6) is 0 Å². The summed E-state index contributed by atoms with van der Waals surface area (Å²) in [6.45, 7) is 1.81. The first-order valence-corrected chi connectivity index (χ1v) is 4.69. The number of rotatable bonds is 2. The van der Waals surface area contributed by atoms with Gasteiger partial charge >= 0.3 is 0 Å². The van der Waals surface area contributed by atoms with Gasteiger partial charge in [-0.1, -0.05) is 22.9 Å². The summed E-state index contributed by atoms with van der Waals surface area (Å²) in [6, 6.07) is 1.46. The molecule has 0 aliphatic rings. The van der Waals surface area contributed by atoms with E-state index in [4.69, 9.17) is 0 Å². The Balaban J connectivity index is 3.01. The minimum absolute atomic E-state index is 0.0341. The Morgan fingerprint density at radius 1 is 1.15 bits per heavy atom. The summed E-state index contributed by atoms with van der Waals surface area (Å²) in [6.07, 6.45) is 0.336. The molecule has 0 fully saturated rings. The van der Waals surface area contributed by atoms with E-state index in [0.717, 1.165) is 6.07 Å². The molecule has 4 heteroatoms. The van der Waals surface area contributed by atoms with Gasteiger partial charge in [0.2, 0.25) is 0 Å². The molecule has 0 aliphatic carbocycles. The summed E-state index contributed by atoms with van der Waals surface area (Å²) < 4.78 is 38.1. The van der Waals surface area contributed by atoms with E-state index in [9.17, 15) is 13.2 Å². The third-order valence-electron chi connectivity index (χ3n) is 1.59. The fourth-order valence-corrected chi connectivity index (χ4v) is 1.37. The maximum Gasteiger partial charge on any atom is 0.161 e. The molecule has 0 radical (unpaired) electrons. The molecule has 0 bridgehead atoms. The van der Waals surface area contributed by atoms with Gasteiger partial charge in [-0.3, -0.25) is 0 Å². The van der Waals surface area contributed by atoms with E-state index in [-0.39, 0.29) is 10.4 Å². The van der Waals surface area contributed by atoms with Crippen LogP contribution >= 0.6 is 15.9 Å². The highest BCUT2D eigenvalue weighted by Gasteiger charge is 2.10. The van der Waals surface area contributed by atoms with Crippen LogP contribution < -0.4 is 0 Å². The Morgan fingerprint density at radius 2 is 1.69 bits per heavy atom. The van der Waals surface area contributed by atoms with Gasteiger partial charge in [0.15, 0.2) is 11.6 Å². The van der Waals surface area contributed by atoms with E-state index in [2.05, 4.69) is 15.9 Å². The Labute approximate surface area is 82.9 Å². The summed E-state index contributed by atoms with van der Waals surface area (Å²) in [5.74, 6) is -2.86. The minimum Gasteiger partial charge on any atom is -0.207 e. The maximum absolute atomic E-state index is 13.0. The number of hydrogen-bond donors (Lipinski definition) is 0. The summed E-state index contributed by atoms with van der Waals surface area (Å²) in [5, 5.41) is 0. The van der Waals surface area contributed by atoms with Crippen LogP contribution in [0.1, 0.15) is 12.5 Å². The number of halogens is 4. The molecule has 0 saturated heterocycles. The van der Waals surface area contributed by atoms with Gasteiger partial charge in [0, 0.05) is 10.9 Å². The molecule has 0 spiro atoms. The van der Waals surface area contributed by atoms with Crippen molar-refractivity contribution in [3.8, 4) is 0 Å². The van der Waals surface area contributed by atoms with Gasteiger partial charge < -0.3 is 0 Å². The molecule has 0 aromatic heterocycles. The highest BCUT2D eigenvalue weighted by molar-refractivity contribution is 9.09. The molecule has 13 heavy (non-hydrogen) atoms. The van der Waals surface area contributed by atoms with Gasteiger partial charge in [0.25, 0.3) is 0 Å². The van der Waals surface area contributed by atoms with E-state index in [1.807, 2.05) is 0 Å². The Hall–Kier alpha value is -0.510. The van der Waals surface area contributed by atoms with Crippen molar-refractivity contribution in [2.75, 3.05) is 0 Å². The molecule has 0 saturated carbocycles. The fraction of sp³-hybridized carbons (Fsp3) is 0.333. The van der Waals surface area contributed by atoms with Crippen molar-refractivity contribution < 1.29 is 13.2 Å². The van der Waals surface area contributed by atoms with E-state index in [1.165, 1.54) is 0 Å². The quantitative estimate of drug-likeness (QED) is 0.559. The third kappa shape index (κ3) is 2.72. The first kappa shape index (κ1) is 10.6. The Kier molecular flexibility index (Phi) is 3.36. The molecule has 72 valence electrons. The van der Waals surface area contributed by atoms with Crippen molar-refractivity contribution in [2.45, 2.75) is 18.2 Å². The SMILES string of the molecule is CC(Br)Cc1cc(F)c(F)cc1F. The van der Waals surface area contributed by atoms with Crippen LogP contribution in [0.15, 0.2) is 12.1 Å². The minimum atomic E-state index is -1.15. The molecule has 0 heterocycles. The van der Waals surface area contributed by atoms with Crippen LogP contribution in [-0.4, -0.2) is 4.83 Å². The summed E-state index contributed by atoms with van der Waals surface area (Å²) >= 11 is 3.21. The van der Waals surface area contributed by atoms with Crippen LogP contribution in [0.3, 0.4) is 0 Å². The van der Waals surface area contributed by atoms with Gasteiger partial charge in [-0.25, -0.2) is 13.2 Å². The molecule has 1 aromatic carbocycles. The predicted molar refractivity (Wildman–Crippen MR) is 48.4 cm³/mol. The smallest absolute Gasteiger partial charge is 0.161 e. The third-order valence-corrected chi connectivity index (χ3v) is 1.91. The highest BCUT2D eigenvalue weighted by atomic mass is 79.9.